The van der Waals surface area contributed by atoms with Crippen molar-refractivity contribution in [2.75, 3.05) is 0 Å². The fourth-order valence-electron chi connectivity index (χ4n) is 4.62. The van der Waals surface area contributed by atoms with Crippen LogP contribution in [0.2, 0.25) is 0 Å². The van der Waals surface area contributed by atoms with E-state index < -0.39 is 0 Å². The smallest absolute Gasteiger partial charge is 0.234 e. The Labute approximate surface area is 189 Å². The van der Waals surface area contributed by atoms with Gasteiger partial charge in [-0.3, -0.25) is 0 Å². The minimum atomic E-state index is 1.18. The van der Waals surface area contributed by atoms with Crippen LogP contribution in [-0.4, -0.2) is 4.57 Å². The van der Waals surface area contributed by atoms with Crippen LogP contribution in [0.1, 0.15) is 149 Å². The zero-order valence-electron chi connectivity index (χ0n) is 21.1. The van der Waals surface area contributed by atoms with Crippen LogP contribution in [0.5, 0.6) is 0 Å². The van der Waals surface area contributed by atoms with Gasteiger partial charge >= 0.3 is 0 Å². The number of imidazole rings is 1. The normalized spacial score (nSPS) is 11.4. The first-order valence-electron chi connectivity index (χ1n) is 13.9. The Hall–Kier alpha value is -0.790. The fourth-order valence-corrected chi connectivity index (χ4v) is 4.62. The maximum absolute atomic E-state index is 2.56. The number of unbranched alkanes of at least 4 members (excludes halogenated alkanes) is 16. The van der Waals surface area contributed by atoms with Crippen LogP contribution >= 0.6 is 0 Å². The lowest BCUT2D eigenvalue weighted by Crippen LogP contribution is -2.37. The van der Waals surface area contributed by atoms with Gasteiger partial charge in [0.25, 0.3) is 5.82 Å². The lowest BCUT2D eigenvalue weighted by molar-refractivity contribution is -0.703. The minimum Gasteiger partial charge on any atom is -0.234 e. The van der Waals surface area contributed by atoms with Crippen LogP contribution in [0.25, 0.3) is 0 Å². The van der Waals surface area contributed by atoms with E-state index in [0.717, 1.165) is 0 Å². The Morgan fingerprint density at radius 3 is 1.53 bits per heavy atom. The summed E-state index contributed by atoms with van der Waals surface area (Å²) in [6, 6.07) is 0. The summed E-state index contributed by atoms with van der Waals surface area (Å²) in [6.07, 6.45) is 32.7. The molecule has 0 atom stereocenters. The van der Waals surface area contributed by atoms with Crippen molar-refractivity contribution in [1.82, 2.24) is 4.57 Å². The van der Waals surface area contributed by atoms with Gasteiger partial charge in [0.2, 0.25) is 0 Å². The highest BCUT2D eigenvalue weighted by Gasteiger charge is 2.15. The molecule has 0 bridgehead atoms. The molecule has 0 unspecified atom stereocenters. The second-order valence-electron chi connectivity index (χ2n) is 9.51. The predicted octanol–water partition coefficient (Wildman–Crippen LogP) is 8.79. The molecular formula is C28H55N2+. The highest BCUT2D eigenvalue weighted by molar-refractivity contribution is 4.84. The summed E-state index contributed by atoms with van der Waals surface area (Å²) in [5.41, 5.74) is 0. The van der Waals surface area contributed by atoms with Crippen molar-refractivity contribution in [2.45, 2.75) is 162 Å². The average molecular weight is 420 g/mol. The monoisotopic (exact) mass is 419 g/mol. The molecule has 2 heteroatoms. The molecule has 0 saturated carbocycles. The summed E-state index contributed by atoms with van der Waals surface area (Å²) in [6.45, 7) is 9.29. The second kappa shape index (κ2) is 20.1. The molecule has 0 aliphatic heterocycles. The predicted molar refractivity (Wildman–Crippen MR) is 133 cm³/mol. The number of rotatable bonds is 22. The van der Waals surface area contributed by atoms with Crippen molar-refractivity contribution in [1.29, 1.82) is 0 Å². The first-order chi connectivity index (χ1) is 14.8. The summed E-state index contributed by atoms with van der Waals surface area (Å²) >= 11 is 0. The van der Waals surface area contributed by atoms with Crippen molar-refractivity contribution >= 4 is 0 Å². The van der Waals surface area contributed by atoms with E-state index in [-0.39, 0.29) is 0 Å². The number of aryl methyl sites for hydroxylation is 2. The molecule has 0 N–H and O–H groups in total. The van der Waals surface area contributed by atoms with Gasteiger partial charge in [-0.1, -0.05) is 117 Å². The van der Waals surface area contributed by atoms with Gasteiger partial charge in [0.05, 0.1) is 13.1 Å². The fraction of sp³-hybridized carbons (Fsp3) is 0.893. The molecule has 0 aliphatic rings. The lowest BCUT2D eigenvalue weighted by atomic mass is 10.0. The second-order valence-corrected chi connectivity index (χ2v) is 9.51. The van der Waals surface area contributed by atoms with Crippen molar-refractivity contribution in [3.05, 3.63) is 18.2 Å². The van der Waals surface area contributed by atoms with Crippen molar-refractivity contribution in [3.63, 3.8) is 0 Å². The Morgan fingerprint density at radius 1 is 0.567 bits per heavy atom. The standard InChI is InChI=1S/C28H55N2/c1-4-7-9-11-12-13-14-15-16-17-18-19-20-22-25-30-27-26-29(24-6-3)28(30)23-21-10-8-5-2/h26-27H,4-25H2,1-3H3/q+1. The number of aromatic nitrogens is 2. The molecule has 0 spiro atoms. The Kier molecular flexibility index (Phi) is 18.3. The maximum Gasteiger partial charge on any atom is 0.256 e. The zero-order valence-corrected chi connectivity index (χ0v) is 21.1. The van der Waals surface area contributed by atoms with Crippen molar-refractivity contribution in [3.8, 4) is 0 Å². The van der Waals surface area contributed by atoms with E-state index in [1.54, 1.807) is 5.82 Å². The third-order valence-corrected chi connectivity index (χ3v) is 6.56. The van der Waals surface area contributed by atoms with E-state index in [1.807, 2.05) is 0 Å². The quantitative estimate of drug-likeness (QED) is 0.131. The summed E-state index contributed by atoms with van der Waals surface area (Å²) < 4.78 is 5.07. The van der Waals surface area contributed by atoms with Gasteiger partial charge in [-0.25, -0.2) is 9.13 Å². The van der Waals surface area contributed by atoms with Gasteiger partial charge in [0.1, 0.15) is 12.4 Å². The van der Waals surface area contributed by atoms with Gasteiger partial charge in [0, 0.05) is 6.42 Å². The Balaban J connectivity index is 2.06. The van der Waals surface area contributed by atoms with Gasteiger partial charge < -0.3 is 0 Å². The molecule has 0 aliphatic carbocycles. The molecule has 1 aromatic heterocycles. The molecule has 0 saturated heterocycles. The van der Waals surface area contributed by atoms with Crippen LogP contribution in [0, 0.1) is 0 Å². The van der Waals surface area contributed by atoms with Gasteiger partial charge in [-0.2, -0.15) is 0 Å². The van der Waals surface area contributed by atoms with E-state index in [4.69, 9.17) is 0 Å². The molecule has 1 aromatic rings. The number of hydrogen-bond acceptors (Lipinski definition) is 0. The van der Waals surface area contributed by atoms with E-state index in [0.29, 0.717) is 0 Å². The summed E-state index contributed by atoms with van der Waals surface area (Å²) in [5.74, 6) is 1.57. The van der Waals surface area contributed by atoms with E-state index in [9.17, 15) is 0 Å². The molecule has 0 radical (unpaired) electrons. The molecule has 0 fully saturated rings. The van der Waals surface area contributed by atoms with E-state index in [1.165, 1.54) is 142 Å². The highest BCUT2D eigenvalue weighted by atomic mass is 15.1. The number of nitrogens with zero attached hydrogens (tertiary/aromatic N) is 2. The SMILES string of the molecule is CCCCCCCCCCCCCCCCn1cc[n+](CCC)c1CCCCCC. The number of hydrogen-bond donors (Lipinski definition) is 0. The molecular weight excluding hydrogens is 364 g/mol. The maximum atomic E-state index is 2.56. The highest BCUT2D eigenvalue weighted by Crippen LogP contribution is 2.14. The largest absolute Gasteiger partial charge is 0.256 e. The van der Waals surface area contributed by atoms with Crippen molar-refractivity contribution in [2.24, 2.45) is 0 Å². The van der Waals surface area contributed by atoms with Crippen LogP contribution in [0.3, 0.4) is 0 Å². The van der Waals surface area contributed by atoms with Crippen LogP contribution in [-0.2, 0) is 19.5 Å². The summed E-state index contributed by atoms with van der Waals surface area (Å²) in [7, 11) is 0. The molecule has 1 heterocycles. The van der Waals surface area contributed by atoms with Crippen LogP contribution in [0.15, 0.2) is 12.4 Å². The first kappa shape index (κ1) is 27.2. The third kappa shape index (κ3) is 13.5. The molecule has 176 valence electrons. The van der Waals surface area contributed by atoms with Gasteiger partial charge in [-0.15, -0.1) is 0 Å². The Bertz CT molecular complexity index is 477. The summed E-state index contributed by atoms with van der Waals surface area (Å²) in [4.78, 5) is 0. The molecule has 0 aromatic carbocycles. The molecule has 1 rings (SSSR count). The van der Waals surface area contributed by atoms with Crippen molar-refractivity contribution < 1.29 is 4.57 Å². The van der Waals surface area contributed by atoms with Crippen LogP contribution in [0.4, 0.5) is 0 Å². The zero-order chi connectivity index (χ0) is 21.7. The first-order valence-corrected chi connectivity index (χ1v) is 13.9. The van der Waals surface area contributed by atoms with Crippen LogP contribution < -0.4 is 4.57 Å². The molecule has 2 nitrogen and oxygen atoms in total. The molecule has 30 heavy (non-hydrogen) atoms. The Morgan fingerprint density at radius 2 is 1.03 bits per heavy atom. The minimum absolute atomic E-state index is 1.18. The van der Waals surface area contributed by atoms with E-state index in [2.05, 4.69) is 42.3 Å². The third-order valence-electron chi connectivity index (χ3n) is 6.56. The van der Waals surface area contributed by atoms with E-state index >= 15 is 0 Å². The summed E-state index contributed by atoms with van der Waals surface area (Å²) in [5, 5.41) is 0. The average Bonchev–Trinajstić information content (AvgIpc) is 3.13. The van der Waals surface area contributed by atoms with Gasteiger partial charge in [-0.05, 0) is 25.7 Å². The topological polar surface area (TPSA) is 8.81 Å². The van der Waals surface area contributed by atoms with Gasteiger partial charge in [0.15, 0.2) is 0 Å². The molecule has 0 amide bonds. The lowest BCUT2D eigenvalue weighted by Gasteiger charge is -2.06.